The van der Waals surface area contributed by atoms with Crippen molar-refractivity contribution in [1.82, 2.24) is 10.2 Å². The Hall–Kier alpha value is -1.73. The minimum absolute atomic E-state index is 0.0657. The molecule has 0 saturated carbocycles. The van der Waals surface area contributed by atoms with Gasteiger partial charge in [0.1, 0.15) is 12.4 Å². The van der Waals surface area contributed by atoms with E-state index in [1.807, 2.05) is 0 Å². The summed E-state index contributed by atoms with van der Waals surface area (Å²) in [4.78, 5) is 22.7. The molecule has 1 aliphatic rings. The Morgan fingerprint density at radius 1 is 1.72 bits per heavy atom. The van der Waals surface area contributed by atoms with Crippen molar-refractivity contribution in [3.63, 3.8) is 0 Å². The van der Waals surface area contributed by atoms with Crippen LogP contribution in [0.1, 0.15) is 0 Å². The summed E-state index contributed by atoms with van der Waals surface area (Å²) in [7, 11) is 1.37. The Kier molecular flexibility index (Phi) is 4.99. The number of aliphatic hydroxyl groups is 1. The molecule has 0 bridgehead atoms. The van der Waals surface area contributed by atoms with Gasteiger partial charge in [0.05, 0.1) is 6.61 Å². The lowest BCUT2D eigenvalue weighted by Gasteiger charge is -2.25. The third kappa shape index (κ3) is 2.74. The maximum absolute atomic E-state index is 13.9. The first-order valence-electron chi connectivity index (χ1n) is 5.27. The summed E-state index contributed by atoms with van der Waals surface area (Å²) in [5, 5.41) is 11.3. The van der Waals surface area contributed by atoms with E-state index in [-0.39, 0.29) is 5.57 Å². The van der Waals surface area contributed by atoms with Crippen LogP contribution in [0.15, 0.2) is 24.4 Å². The van der Waals surface area contributed by atoms with Gasteiger partial charge in [0, 0.05) is 13.2 Å². The van der Waals surface area contributed by atoms with Crippen molar-refractivity contribution in [2.75, 3.05) is 13.7 Å². The van der Waals surface area contributed by atoms with Gasteiger partial charge in [-0.3, -0.25) is 9.69 Å². The summed E-state index contributed by atoms with van der Waals surface area (Å²) in [6.07, 6.45) is -1.13. The molecule has 18 heavy (non-hydrogen) atoms. The van der Waals surface area contributed by atoms with E-state index in [1.54, 1.807) is 0 Å². The molecule has 0 radical (unpaired) electrons. The molecule has 1 heterocycles. The van der Waals surface area contributed by atoms with Gasteiger partial charge in [-0.1, -0.05) is 6.58 Å². The van der Waals surface area contributed by atoms with Crippen LogP contribution in [0.25, 0.3) is 0 Å². The Morgan fingerprint density at radius 2 is 2.39 bits per heavy atom. The van der Waals surface area contributed by atoms with Crippen molar-refractivity contribution < 1.29 is 23.8 Å². The van der Waals surface area contributed by atoms with E-state index < -0.39 is 31.1 Å². The molecule has 100 valence electrons. The van der Waals surface area contributed by atoms with Crippen LogP contribution >= 0.6 is 0 Å². The number of allylic oxidation sites excluding steroid dienone is 1. The van der Waals surface area contributed by atoms with Crippen molar-refractivity contribution in [3.05, 3.63) is 24.4 Å². The largest absolute Gasteiger partial charge is 0.393 e. The molecule has 0 spiro atoms. The number of ether oxygens (including phenoxy) is 1. The van der Waals surface area contributed by atoms with Crippen LogP contribution < -0.4 is 5.32 Å². The Labute approximate surface area is 104 Å². The lowest BCUT2D eigenvalue weighted by Crippen LogP contribution is -2.45. The zero-order valence-electron chi connectivity index (χ0n) is 9.88. The second-order valence-corrected chi connectivity index (χ2v) is 3.61. The normalized spacial score (nSPS) is 27.5. The zero-order chi connectivity index (χ0) is 13.7. The molecule has 1 rings (SSSR count). The standard InChI is InChI=1S/C11H15FN2O4/c1-7-8(6-16)18-10(9(7)12)14(4-3-5-15)11(17)13-2/h3-5,8-10,16H,1,6H2,2H3,(H,13,17)/b4-3-. The van der Waals surface area contributed by atoms with Crippen molar-refractivity contribution in [3.8, 4) is 0 Å². The molecule has 3 atom stereocenters. The number of halogens is 1. The van der Waals surface area contributed by atoms with Crippen LogP contribution in [0.2, 0.25) is 0 Å². The molecule has 2 N–H and O–H groups in total. The second-order valence-electron chi connectivity index (χ2n) is 3.61. The predicted octanol–water partition coefficient (Wildman–Crippen LogP) is -0.0481. The van der Waals surface area contributed by atoms with Crippen LogP contribution in [0.3, 0.4) is 0 Å². The highest BCUT2D eigenvalue weighted by Crippen LogP contribution is 2.30. The number of carbonyl (C=O) groups excluding carboxylic acids is 2. The van der Waals surface area contributed by atoms with Crippen molar-refractivity contribution in [2.45, 2.75) is 18.5 Å². The molecule has 7 heteroatoms. The summed E-state index contributed by atoms with van der Waals surface area (Å²) >= 11 is 0. The topological polar surface area (TPSA) is 78.9 Å². The second kappa shape index (κ2) is 6.27. The van der Waals surface area contributed by atoms with Gasteiger partial charge in [-0.25, -0.2) is 9.18 Å². The number of nitrogens with zero attached hydrogens (tertiary/aromatic N) is 1. The Bertz CT molecular complexity index is 372. The van der Waals surface area contributed by atoms with Crippen LogP contribution in [-0.2, 0) is 9.53 Å². The van der Waals surface area contributed by atoms with E-state index in [0.29, 0.717) is 6.29 Å². The number of urea groups is 1. The summed E-state index contributed by atoms with van der Waals surface area (Å²) in [5.74, 6) is 0. The van der Waals surface area contributed by atoms with Gasteiger partial charge in [0.15, 0.2) is 12.4 Å². The number of hydrogen-bond acceptors (Lipinski definition) is 4. The minimum Gasteiger partial charge on any atom is -0.393 e. The molecule has 6 nitrogen and oxygen atoms in total. The highest BCUT2D eigenvalue weighted by molar-refractivity contribution is 5.76. The maximum atomic E-state index is 13.9. The quantitative estimate of drug-likeness (QED) is 0.421. The first kappa shape index (κ1) is 14.3. The number of nitrogens with one attached hydrogen (secondary N) is 1. The van der Waals surface area contributed by atoms with E-state index in [2.05, 4.69) is 11.9 Å². The van der Waals surface area contributed by atoms with Gasteiger partial charge < -0.3 is 15.2 Å². The first-order valence-corrected chi connectivity index (χ1v) is 5.27. The monoisotopic (exact) mass is 258 g/mol. The molecule has 3 unspecified atom stereocenters. The molecule has 0 aromatic carbocycles. The molecular formula is C11H15FN2O4. The van der Waals surface area contributed by atoms with Crippen LogP contribution in [0.5, 0.6) is 0 Å². The SMILES string of the molecule is C=C1C(CO)OC(N(/C=C\C=O)C(=O)NC)C1F. The van der Waals surface area contributed by atoms with Crippen molar-refractivity contribution >= 4 is 12.3 Å². The van der Waals surface area contributed by atoms with Gasteiger partial charge >= 0.3 is 6.03 Å². The summed E-state index contributed by atoms with van der Waals surface area (Å²) in [5.41, 5.74) is 0.0657. The molecule has 0 aliphatic carbocycles. The van der Waals surface area contributed by atoms with Gasteiger partial charge in [0.25, 0.3) is 0 Å². The highest BCUT2D eigenvalue weighted by atomic mass is 19.1. The van der Waals surface area contributed by atoms with Crippen LogP contribution in [-0.4, -0.2) is 54.5 Å². The van der Waals surface area contributed by atoms with E-state index in [1.165, 1.54) is 7.05 Å². The highest BCUT2D eigenvalue weighted by Gasteiger charge is 2.43. The smallest absolute Gasteiger partial charge is 0.323 e. The first-order chi connectivity index (χ1) is 8.56. The number of hydrogen-bond donors (Lipinski definition) is 2. The van der Waals surface area contributed by atoms with Crippen LogP contribution in [0.4, 0.5) is 9.18 Å². The molecule has 0 aromatic heterocycles. The minimum atomic E-state index is -1.63. The molecule has 1 saturated heterocycles. The number of rotatable bonds is 4. The lowest BCUT2D eigenvalue weighted by molar-refractivity contribution is -0.104. The average Bonchev–Trinajstić information content (AvgIpc) is 2.66. The molecular weight excluding hydrogens is 243 g/mol. The Morgan fingerprint density at radius 3 is 2.83 bits per heavy atom. The summed E-state index contributed by atoms with van der Waals surface area (Å²) in [6, 6.07) is -0.632. The maximum Gasteiger partial charge on any atom is 0.323 e. The third-order valence-corrected chi connectivity index (χ3v) is 2.54. The molecule has 1 aliphatic heterocycles. The third-order valence-electron chi connectivity index (χ3n) is 2.54. The molecule has 1 fully saturated rings. The number of alkyl halides is 1. The van der Waals surface area contributed by atoms with E-state index >= 15 is 0 Å². The number of aldehydes is 1. The zero-order valence-corrected chi connectivity index (χ0v) is 9.88. The molecule has 0 aromatic rings. The van der Waals surface area contributed by atoms with E-state index in [0.717, 1.165) is 17.2 Å². The van der Waals surface area contributed by atoms with Crippen LogP contribution in [0, 0.1) is 0 Å². The van der Waals surface area contributed by atoms with Crippen molar-refractivity contribution in [1.29, 1.82) is 0 Å². The fraction of sp³-hybridized carbons (Fsp3) is 0.455. The fourth-order valence-corrected chi connectivity index (χ4v) is 1.58. The number of carbonyl (C=O) groups is 2. The fourth-order valence-electron chi connectivity index (χ4n) is 1.58. The number of amides is 2. The lowest BCUT2D eigenvalue weighted by atomic mass is 10.1. The van der Waals surface area contributed by atoms with Gasteiger partial charge in [-0.2, -0.15) is 0 Å². The average molecular weight is 258 g/mol. The van der Waals surface area contributed by atoms with E-state index in [9.17, 15) is 14.0 Å². The van der Waals surface area contributed by atoms with Gasteiger partial charge in [-0.05, 0) is 11.6 Å². The van der Waals surface area contributed by atoms with Gasteiger partial charge in [-0.15, -0.1) is 0 Å². The summed E-state index contributed by atoms with van der Waals surface area (Å²) < 4.78 is 19.1. The molecule has 2 amide bonds. The van der Waals surface area contributed by atoms with E-state index in [4.69, 9.17) is 9.84 Å². The van der Waals surface area contributed by atoms with Crippen molar-refractivity contribution in [2.24, 2.45) is 0 Å². The number of aliphatic hydroxyl groups excluding tert-OH is 1. The Balaban J connectivity index is 2.93. The van der Waals surface area contributed by atoms with Gasteiger partial charge in [0.2, 0.25) is 0 Å². The predicted molar refractivity (Wildman–Crippen MR) is 61.3 cm³/mol. The summed E-state index contributed by atoms with van der Waals surface area (Å²) in [6.45, 7) is 3.05.